The SMILES string of the molecule is [O-][n+]1onc(-c2ccccc2)c1N=C/C=C/c1ccccc1. The predicted octanol–water partition coefficient (Wildman–Crippen LogP) is 3.39. The van der Waals surface area contributed by atoms with Gasteiger partial charge in [-0.2, -0.15) is 0 Å². The summed E-state index contributed by atoms with van der Waals surface area (Å²) in [6.07, 6.45) is 5.20. The van der Waals surface area contributed by atoms with Gasteiger partial charge in [-0.05, 0) is 16.8 Å². The van der Waals surface area contributed by atoms with Gasteiger partial charge in [-0.15, -0.1) is 4.99 Å². The van der Waals surface area contributed by atoms with E-state index in [1.165, 1.54) is 0 Å². The number of hydrogen-bond acceptors (Lipinski definition) is 4. The van der Waals surface area contributed by atoms with Crippen molar-refractivity contribution < 1.29 is 9.53 Å². The molecule has 5 heteroatoms. The third kappa shape index (κ3) is 3.09. The Kier molecular flexibility index (Phi) is 4.06. The van der Waals surface area contributed by atoms with Crippen molar-refractivity contribution in [1.82, 2.24) is 5.16 Å². The quantitative estimate of drug-likeness (QED) is 0.546. The Balaban J connectivity index is 1.82. The molecule has 0 saturated heterocycles. The molecule has 0 aliphatic carbocycles. The first-order chi connectivity index (χ1) is 10.8. The van der Waals surface area contributed by atoms with Crippen LogP contribution in [0.15, 0.2) is 76.4 Å². The van der Waals surface area contributed by atoms with E-state index in [2.05, 4.69) is 14.8 Å². The van der Waals surface area contributed by atoms with Crippen LogP contribution in [0.3, 0.4) is 0 Å². The molecule has 1 aromatic heterocycles. The lowest BCUT2D eigenvalue weighted by Gasteiger charge is -1.92. The zero-order valence-electron chi connectivity index (χ0n) is 11.7. The summed E-state index contributed by atoms with van der Waals surface area (Å²) in [5.74, 6) is 0.129. The van der Waals surface area contributed by atoms with E-state index < -0.39 is 0 Å². The summed E-state index contributed by atoms with van der Waals surface area (Å²) in [6.45, 7) is 0. The highest BCUT2D eigenvalue weighted by Crippen LogP contribution is 2.24. The highest BCUT2D eigenvalue weighted by molar-refractivity contribution is 5.81. The van der Waals surface area contributed by atoms with Crippen LogP contribution in [0.25, 0.3) is 17.3 Å². The van der Waals surface area contributed by atoms with Crippen molar-refractivity contribution >= 4 is 18.1 Å². The fourth-order valence-electron chi connectivity index (χ4n) is 1.96. The Bertz CT molecular complexity index is 793. The molecule has 0 radical (unpaired) electrons. The molecule has 3 rings (SSSR count). The Morgan fingerprint density at radius 1 is 1.00 bits per heavy atom. The van der Waals surface area contributed by atoms with Crippen LogP contribution < -0.4 is 4.90 Å². The maximum absolute atomic E-state index is 11.6. The summed E-state index contributed by atoms with van der Waals surface area (Å²) in [5, 5.41) is 15.4. The first-order valence-electron chi connectivity index (χ1n) is 6.75. The minimum atomic E-state index is 0.129. The number of aromatic nitrogens is 2. The third-order valence-corrected chi connectivity index (χ3v) is 3.01. The van der Waals surface area contributed by atoms with Crippen molar-refractivity contribution in [2.24, 2.45) is 4.99 Å². The van der Waals surface area contributed by atoms with E-state index in [1.807, 2.05) is 66.7 Å². The highest BCUT2D eigenvalue weighted by Gasteiger charge is 2.18. The second kappa shape index (κ2) is 6.49. The van der Waals surface area contributed by atoms with Crippen LogP contribution in [-0.4, -0.2) is 11.4 Å². The fourth-order valence-corrected chi connectivity index (χ4v) is 1.96. The highest BCUT2D eigenvalue weighted by atomic mass is 16.8. The lowest BCUT2D eigenvalue weighted by molar-refractivity contribution is -0.791. The van der Waals surface area contributed by atoms with E-state index in [0.29, 0.717) is 10.6 Å². The Morgan fingerprint density at radius 3 is 2.41 bits per heavy atom. The first-order valence-corrected chi connectivity index (χ1v) is 6.75. The van der Waals surface area contributed by atoms with Gasteiger partial charge in [0.05, 0.1) is 0 Å². The summed E-state index contributed by atoms with van der Waals surface area (Å²) in [5.41, 5.74) is 2.25. The first kappa shape index (κ1) is 13.8. The van der Waals surface area contributed by atoms with E-state index in [1.54, 1.807) is 12.3 Å². The molecule has 108 valence electrons. The topological polar surface area (TPSA) is 65.3 Å². The fraction of sp³-hybridized carbons (Fsp3) is 0. The van der Waals surface area contributed by atoms with Gasteiger partial charge in [0, 0.05) is 5.56 Å². The van der Waals surface area contributed by atoms with Crippen LogP contribution in [-0.2, 0) is 0 Å². The second-order valence-corrected chi connectivity index (χ2v) is 4.52. The zero-order valence-corrected chi connectivity index (χ0v) is 11.7. The molecule has 0 bridgehead atoms. The second-order valence-electron chi connectivity index (χ2n) is 4.52. The maximum Gasteiger partial charge on any atom is 0.342 e. The number of hydrogen-bond donors (Lipinski definition) is 0. The Labute approximate surface area is 127 Å². The van der Waals surface area contributed by atoms with E-state index in [9.17, 15) is 5.21 Å². The summed E-state index contributed by atoms with van der Waals surface area (Å²) < 4.78 is 4.64. The minimum Gasteiger partial charge on any atom is -0.391 e. The van der Waals surface area contributed by atoms with Crippen LogP contribution >= 0.6 is 0 Å². The third-order valence-electron chi connectivity index (χ3n) is 3.01. The van der Waals surface area contributed by atoms with Crippen molar-refractivity contribution in [3.05, 3.63) is 77.5 Å². The monoisotopic (exact) mass is 291 g/mol. The van der Waals surface area contributed by atoms with Crippen molar-refractivity contribution in [2.75, 3.05) is 0 Å². The van der Waals surface area contributed by atoms with E-state index in [-0.39, 0.29) is 5.82 Å². The van der Waals surface area contributed by atoms with Gasteiger partial charge in [-0.25, -0.2) is 0 Å². The van der Waals surface area contributed by atoms with Gasteiger partial charge in [0.15, 0.2) is 0 Å². The van der Waals surface area contributed by atoms with Gasteiger partial charge in [0.1, 0.15) is 6.21 Å². The predicted molar refractivity (Wildman–Crippen MR) is 84.5 cm³/mol. The summed E-state index contributed by atoms with van der Waals surface area (Å²) in [4.78, 5) is 4.44. The molecule has 0 aliphatic heterocycles. The van der Waals surface area contributed by atoms with Gasteiger partial charge in [-0.3, -0.25) is 0 Å². The molecule has 5 nitrogen and oxygen atoms in total. The van der Waals surface area contributed by atoms with E-state index in [4.69, 9.17) is 0 Å². The molecular weight excluding hydrogens is 278 g/mol. The van der Waals surface area contributed by atoms with Crippen LogP contribution in [0, 0.1) is 5.21 Å². The Morgan fingerprint density at radius 2 is 1.68 bits per heavy atom. The molecule has 0 N–H and O–H groups in total. The minimum absolute atomic E-state index is 0.129. The maximum atomic E-state index is 11.6. The zero-order chi connectivity index (χ0) is 15.2. The molecule has 0 aliphatic rings. The van der Waals surface area contributed by atoms with Crippen molar-refractivity contribution in [1.29, 1.82) is 0 Å². The van der Waals surface area contributed by atoms with Crippen LogP contribution in [0.1, 0.15) is 5.56 Å². The van der Waals surface area contributed by atoms with Crippen LogP contribution in [0.2, 0.25) is 0 Å². The van der Waals surface area contributed by atoms with Gasteiger partial charge in [0.25, 0.3) is 0 Å². The average Bonchev–Trinajstić information content (AvgIpc) is 2.94. The molecule has 3 aromatic rings. The number of aliphatic imine (C=N–C) groups is 1. The number of allylic oxidation sites excluding steroid dienone is 1. The van der Waals surface area contributed by atoms with Gasteiger partial charge < -0.3 is 9.84 Å². The van der Waals surface area contributed by atoms with Crippen molar-refractivity contribution in [2.45, 2.75) is 0 Å². The number of benzene rings is 2. The van der Waals surface area contributed by atoms with Gasteiger partial charge in [-0.1, -0.05) is 71.6 Å². The average molecular weight is 291 g/mol. The molecule has 0 saturated carbocycles. The molecule has 0 amide bonds. The standard InChI is InChI=1S/C17H13N3O2/c21-20-17(16(19-22-20)15-11-5-2-6-12-15)18-13-7-10-14-8-3-1-4-9-14/h1-13H/b10-7+,18-13?. The van der Waals surface area contributed by atoms with Gasteiger partial charge >= 0.3 is 5.82 Å². The molecule has 0 unspecified atom stereocenters. The molecule has 0 fully saturated rings. The van der Waals surface area contributed by atoms with Crippen molar-refractivity contribution in [3.63, 3.8) is 0 Å². The van der Waals surface area contributed by atoms with Gasteiger partial charge in [0.2, 0.25) is 5.69 Å². The molecule has 0 atom stereocenters. The number of nitrogens with zero attached hydrogens (tertiary/aromatic N) is 3. The lowest BCUT2D eigenvalue weighted by atomic mass is 10.1. The van der Waals surface area contributed by atoms with Crippen molar-refractivity contribution in [3.8, 4) is 11.3 Å². The van der Waals surface area contributed by atoms with Crippen LogP contribution in [0.5, 0.6) is 0 Å². The van der Waals surface area contributed by atoms with E-state index in [0.717, 1.165) is 11.1 Å². The lowest BCUT2D eigenvalue weighted by Crippen LogP contribution is -2.22. The van der Waals surface area contributed by atoms with E-state index >= 15 is 0 Å². The largest absolute Gasteiger partial charge is 0.391 e. The molecule has 22 heavy (non-hydrogen) atoms. The molecule has 0 spiro atoms. The molecular formula is C17H13N3O2. The molecule has 2 aromatic carbocycles. The summed E-state index contributed by atoms with van der Waals surface area (Å²) >= 11 is 0. The van der Waals surface area contributed by atoms with Crippen LogP contribution in [0.4, 0.5) is 5.82 Å². The summed E-state index contributed by atoms with van der Waals surface area (Å²) in [7, 11) is 0. The normalized spacial score (nSPS) is 11.5. The summed E-state index contributed by atoms with van der Waals surface area (Å²) in [6, 6.07) is 19.1. The Hall–Kier alpha value is -3.21. The number of rotatable bonds is 4. The smallest absolute Gasteiger partial charge is 0.342 e. The molecule has 1 heterocycles.